The summed E-state index contributed by atoms with van der Waals surface area (Å²) >= 11 is 2.26. The van der Waals surface area contributed by atoms with E-state index in [9.17, 15) is 0 Å². The van der Waals surface area contributed by atoms with E-state index in [0.29, 0.717) is 12.5 Å². The van der Waals surface area contributed by atoms with Gasteiger partial charge in [-0.05, 0) is 41.4 Å². The van der Waals surface area contributed by atoms with Crippen LogP contribution in [0, 0.1) is 9.49 Å². The normalized spacial score (nSPS) is 16.9. The van der Waals surface area contributed by atoms with Gasteiger partial charge in [0.1, 0.15) is 0 Å². The van der Waals surface area contributed by atoms with Crippen LogP contribution in [0.25, 0.3) is 0 Å². The van der Waals surface area contributed by atoms with E-state index in [0.717, 1.165) is 21.7 Å². The number of nitrogens with one attached hydrogen (secondary N) is 1. The summed E-state index contributed by atoms with van der Waals surface area (Å²) in [5.41, 5.74) is 6.78. The maximum absolute atomic E-state index is 5.81. The van der Waals surface area contributed by atoms with Crippen LogP contribution in [-0.2, 0) is 13.6 Å². The molecule has 17 heavy (non-hydrogen) atoms. The second kappa shape index (κ2) is 5.70. The van der Waals surface area contributed by atoms with E-state index in [1.807, 2.05) is 13.2 Å². The molecular weight excluding hydrogens is 329 g/mol. The summed E-state index contributed by atoms with van der Waals surface area (Å²) in [6, 6.07) is 0. The predicted molar refractivity (Wildman–Crippen MR) is 76.6 cm³/mol. The molecule has 0 saturated heterocycles. The van der Waals surface area contributed by atoms with Crippen molar-refractivity contribution in [3.05, 3.63) is 15.5 Å². The molecule has 1 fully saturated rings. The molecule has 0 aliphatic heterocycles. The molecule has 1 aromatic heterocycles. The summed E-state index contributed by atoms with van der Waals surface area (Å²) in [6.07, 6.45) is 5.97. The molecule has 94 valence electrons. The number of aromatic nitrogens is 2. The van der Waals surface area contributed by atoms with Crippen molar-refractivity contribution in [3.8, 4) is 0 Å². The van der Waals surface area contributed by atoms with E-state index >= 15 is 0 Å². The van der Waals surface area contributed by atoms with Gasteiger partial charge in [-0.1, -0.05) is 6.42 Å². The Morgan fingerprint density at radius 2 is 2.47 bits per heavy atom. The monoisotopic (exact) mass is 347 g/mol. The van der Waals surface area contributed by atoms with Crippen LogP contribution in [-0.4, -0.2) is 22.3 Å². The molecule has 6 heteroatoms. The number of guanidine groups is 1. The Balaban J connectivity index is 1.80. The Morgan fingerprint density at radius 3 is 3.00 bits per heavy atom. The summed E-state index contributed by atoms with van der Waals surface area (Å²) in [7, 11) is 1.91. The highest BCUT2D eigenvalue weighted by Gasteiger charge is 2.16. The molecule has 0 bridgehead atoms. The summed E-state index contributed by atoms with van der Waals surface area (Å²) in [5, 5.41) is 7.50. The summed E-state index contributed by atoms with van der Waals surface area (Å²) in [6.45, 7) is 1.50. The first-order chi connectivity index (χ1) is 8.15. The first kappa shape index (κ1) is 12.7. The lowest BCUT2D eigenvalue weighted by atomic mass is 9.85. The van der Waals surface area contributed by atoms with Gasteiger partial charge in [0.25, 0.3) is 0 Å². The Kier molecular flexibility index (Phi) is 4.25. The van der Waals surface area contributed by atoms with Gasteiger partial charge in [-0.25, -0.2) is 4.99 Å². The van der Waals surface area contributed by atoms with Crippen molar-refractivity contribution in [1.82, 2.24) is 15.1 Å². The Hall–Kier alpha value is -0.790. The molecule has 5 nitrogen and oxygen atoms in total. The molecule has 1 aromatic rings. The number of aliphatic imine (C=N–C) groups is 1. The summed E-state index contributed by atoms with van der Waals surface area (Å²) in [5.74, 6) is 1.32. The van der Waals surface area contributed by atoms with E-state index in [2.05, 4.69) is 38.0 Å². The molecule has 1 saturated carbocycles. The van der Waals surface area contributed by atoms with Crippen LogP contribution in [0.5, 0.6) is 0 Å². The maximum atomic E-state index is 5.81. The molecule has 0 amide bonds. The fourth-order valence-electron chi connectivity index (χ4n) is 1.77. The van der Waals surface area contributed by atoms with Gasteiger partial charge in [0, 0.05) is 19.8 Å². The largest absolute Gasteiger partial charge is 0.370 e. The van der Waals surface area contributed by atoms with Crippen molar-refractivity contribution >= 4 is 28.6 Å². The highest BCUT2D eigenvalue weighted by atomic mass is 127. The first-order valence-corrected chi connectivity index (χ1v) is 6.95. The molecule has 0 radical (unpaired) electrons. The number of nitrogens with two attached hydrogens (primary N) is 1. The standard InChI is InChI=1S/C11H18IN5/c1-17-7-9(12)10(16-17)6-15-11(13)14-5-8-3-2-4-8/h7-8H,2-6H2,1H3,(H3,13,14,15). The van der Waals surface area contributed by atoms with Crippen LogP contribution in [0.4, 0.5) is 0 Å². The summed E-state index contributed by atoms with van der Waals surface area (Å²) < 4.78 is 2.92. The van der Waals surface area contributed by atoms with Crippen molar-refractivity contribution in [3.63, 3.8) is 0 Å². The molecule has 0 aromatic carbocycles. The third-order valence-corrected chi connectivity index (χ3v) is 3.95. The van der Waals surface area contributed by atoms with Crippen LogP contribution in [0.3, 0.4) is 0 Å². The molecule has 1 aliphatic carbocycles. The summed E-state index contributed by atoms with van der Waals surface area (Å²) in [4.78, 5) is 4.30. The van der Waals surface area contributed by atoms with Crippen LogP contribution >= 0.6 is 22.6 Å². The van der Waals surface area contributed by atoms with Crippen molar-refractivity contribution in [2.75, 3.05) is 6.54 Å². The van der Waals surface area contributed by atoms with E-state index in [1.165, 1.54) is 19.3 Å². The van der Waals surface area contributed by atoms with Crippen LogP contribution in [0.1, 0.15) is 25.0 Å². The number of rotatable bonds is 4. The van der Waals surface area contributed by atoms with E-state index < -0.39 is 0 Å². The lowest BCUT2D eigenvalue weighted by molar-refractivity contribution is 0.315. The van der Waals surface area contributed by atoms with Gasteiger partial charge in [0.2, 0.25) is 0 Å². The van der Waals surface area contributed by atoms with Crippen molar-refractivity contribution in [2.24, 2.45) is 23.7 Å². The molecule has 3 N–H and O–H groups in total. The van der Waals surface area contributed by atoms with Crippen LogP contribution in [0.2, 0.25) is 0 Å². The zero-order valence-electron chi connectivity index (χ0n) is 9.99. The lowest BCUT2D eigenvalue weighted by Crippen LogP contribution is -2.37. The molecule has 2 rings (SSSR count). The number of halogens is 1. The van der Waals surface area contributed by atoms with Crippen molar-refractivity contribution < 1.29 is 0 Å². The zero-order chi connectivity index (χ0) is 12.3. The number of hydrogen-bond donors (Lipinski definition) is 2. The average molecular weight is 347 g/mol. The number of nitrogens with zero attached hydrogens (tertiary/aromatic N) is 3. The number of hydrogen-bond acceptors (Lipinski definition) is 2. The maximum Gasteiger partial charge on any atom is 0.188 e. The third kappa shape index (κ3) is 3.58. The van der Waals surface area contributed by atoms with Crippen molar-refractivity contribution in [2.45, 2.75) is 25.8 Å². The van der Waals surface area contributed by atoms with Crippen LogP contribution in [0.15, 0.2) is 11.2 Å². The molecule has 0 unspecified atom stereocenters. The Labute approximate surface area is 115 Å². The van der Waals surface area contributed by atoms with E-state index in [-0.39, 0.29) is 0 Å². The molecule has 0 spiro atoms. The van der Waals surface area contributed by atoms with Gasteiger partial charge in [-0.3, -0.25) is 4.68 Å². The highest BCUT2D eigenvalue weighted by molar-refractivity contribution is 14.1. The second-order valence-corrected chi connectivity index (χ2v) is 5.64. The van der Waals surface area contributed by atoms with Gasteiger partial charge in [0.15, 0.2) is 5.96 Å². The first-order valence-electron chi connectivity index (χ1n) is 5.87. The second-order valence-electron chi connectivity index (χ2n) is 4.48. The topological polar surface area (TPSA) is 68.2 Å². The SMILES string of the molecule is Cn1cc(I)c(CN=C(N)NCC2CCC2)n1. The van der Waals surface area contributed by atoms with Crippen LogP contribution < -0.4 is 11.1 Å². The third-order valence-electron chi connectivity index (χ3n) is 3.05. The lowest BCUT2D eigenvalue weighted by Gasteiger charge is -2.25. The Morgan fingerprint density at radius 1 is 1.71 bits per heavy atom. The van der Waals surface area contributed by atoms with Gasteiger partial charge in [0.05, 0.1) is 15.8 Å². The smallest absolute Gasteiger partial charge is 0.188 e. The average Bonchev–Trinajstić information content (AvgIpc) is 2.52. The minimum atomic E-state index is 0.526. The fourth-order valence-corrected chi connectivity index (χ4v) is 2.46. The zero-order valence-corrected chi connectivity index (χ0v) is 12.1. The van der Waals surface area contributed by atoms with Crippen molar-refractivity contribution in [1.29, 1.82) is 0 Å². The van der Waals surface area contributed by atoms with Gasteiger partial charge < -0.3 is 11.1 Å². The minimum Gasteiger partial charge on any atom is -0.370 e. The quantitative estimate of drug-likeness (QED) is 0.489. The highest BCUT2D eigenvalue weighted by Crippen LogP contribution is 2.24. The van der Waals surface area contributed by atoms with Gasteiger partial charge in [-0.2, -0.15) is 5.10 Å². The van der Waals surface area contributed by atoms with E-state index in [4.69, 9.17) is 5.73 Å². The molecular formula is C11H18IN5. The predicted octanol–water partition coefficient (Wildman–Crippen LogP) is 1.23. The minimum absolute atomic E-state index is 0.526. The molecule has 1 aliphatic rings. The van der Waals surface area contributed by atoms with Gasteiger partial charge >= 0.3 is 0 Å². The van der Waals surface area contributed by atoms with E-state index in [1.54, 1.807) is 4.68 Å². The molecule has 0 atom stereocenters. The molecule has 1 heterocycles. The fraction of sp³-hybridized carbons (Fsp3) is 0.636. The van der Waals surface area contributed by atoms with Gasteiger partial charge in [-0.15, -0.1) is 0 Å². The number of aryl methyl sites for hydroxylation is 1. The Bertz CT molecular complexity index is 408.